The number of pyridine rings is 1. The van der Waals surface area contributed by atoms with E-state index < -0.39 is 14.0 Å². The van der Waals surface area contributed by atoms with Crippen LogP contribution in [0.4, 0.5) is 4.79 Å². The highest BCUT2D eigenvalue weighted by atomic mass is 28.3. The van der Waals surface area contributed by atoms with Crippen molar-refractivity contribution < 1.29 is 24.2 Å². The minimum Gasteiger partial charge on any atom is -0.477 e. The third-order valence-corrected chi connectivity index (χ3v) is 7.43. The molecule has 1 amide bonds. The van der Waals surface area contributed by atoms with Crippen LogP contribution in [0, 0.1) is 0 Å². The lowest BCUT2D eigenvalue weighted by atomic mass is 9.99. The second-order valence-corrected chi connectivity index (χ2v) is 15.7. The van der Waals surface area contributed by atoms with Crippen LogP contribution in [0.15, 0.2) is 18.3 Å². The number of aromatic nitrogens is 2. The third-order valence-electron chi connectivity index (χ3n) is 5.73. The molecule has 2 N–H and O–H groups in total. The van der Waals surface area contributed by atoms with E-state index in [0.717, 1.165) is 36.3 Å². The van der Waals surface area contributed by atoms with Gasteiger partial charge in [-0.3, -0.25) is 4.57 Å². The smallest absolute Gasteiger partial charge is 0.407 e. The molecule has 0 spiro atoms. The molecule has 9 heteroatoms. The maximum Gasteiger partial charge on any atom is 0.407 e. The highest BCUT2D eigenvalue weighted by molar-refractivity contribution is 6.76. The van der Waals surface area contributed by atoms with Crippen LogP contribution in [0.5, 0.6) is 0 Å². The van der Waals surface area contributed by atoms with Gasteiger partial charge in [-0.15, -0.1) is 0 Å². The molecule has 2 atom stereocenters. The summed E-state index contributed by atoms with van der Waals surface area (Å²) in [6.07, 6.45) is 3.77. The minimum absolute atomic E-state index is 0.0401. The lowest BCUT2D eigenvalue weighted by Crippen LogP contribution is -2.33. The minimum atomic E-state index is -1.22. The molecule has 1 saturated carbocycles. The molecule has 1 aliphatic carbocycles. The zero-order valence-electron chi connectivity index (χ0n) is 19.7. The number of carbonyl (C=O) groups is 2. The van der Waals surface area contributed by atoms with Crippen LogP contribution in [0.2, 0.25) is 25.7 Å². The van der Waals surface area contributed by atoms with E-state index >= 15 is 0 Å². The number of carboxylic acids is 1. The molecule has 3 rings (SSSR count). The fraction of sp³-hybridized carbons (Fsp3) is 0.609. The van der Waals surface area contributed by atoms with Crippen molar-refractivity contribution in [3.05, 3.63) is 29.6 Å². The predicted molar refractivity (Wildman–Crippen MR) is 126 cm³/mol. The molecule has 2 unspecified atom stereocenters. The number of hydrogen-bond donors (Lipinski definition) is 2. The highest BCUT2D eigenvalue weighted by Crippen LogP contribution is 2.37. The average molecular weight is 462 g/mol. The number of aromatic carboxylic acids is 1. The van der Waals surface area contributed by atoms with Gasteiger partial charge >= 0.3 is 12.1 Å². The van der Waals surface area contributed by atoms with E-state index in [2.05, 4.69) is 29.9 Å². The van der Waals surface area contributed by atoms with Crippen molar-refractivity contribution in [1.82, 2.24) is 14.9 Å². The topological polar surface area (TPSA) is 103 Å². The van der Waals surface area contributed by atoms with Gasteiger partial charge < -0.3 is 19.9 Å². The fourth-order valence-electron chi connectivity index (χ4n) is 4.00. The Morgan fingerprint density at radius 3 is 2.69 bits per heavy atom. The van der Waals surface area contributed by atoms with Gasteiger partial charge in [-0.05, 0) is 62.8 Å². The van der Waals surface area contributed by atoms with E-state index in [-0.39, 0.29) is 36.6 Å². The van der Waals surface area contributed by atoms with Crippen LogP contribution in [0.25, 0.3) is 11.0 Å². The number of rotatable bonds is 9. The Balaban J connectivity index is 1.71. The monoisotopic (exact) mass is 461 g/mol. The summed E-state index contributed by atoms with van der Waals surface area (Å²) in [6.45, 7) is 11.4. The number of amides is 1. The van der Waals surface area contributed by atoms with E-state index in [1.54, 1.807) is 10.6 Å². The van der Waals surface area contributed by atoms with Crippen molar-refractivity contribution in [3.8, 4) is 0 Å². The Labute approximate surface area is 190 Å². The van der Waals surface area contributed by atoms with Crippen LogP contribution < -0.4 is 5.32 Å². The zero-order chi connectivity index (χ0) is 23.5. The second kappa shape index (κ2) is 10.0. The predicted octanol–water partition coefficient (Wildman–Crippen LogP) is 4.82. The number of nitrogens with zero attached hydrogens (tertiary/aromatic N) is 2. The molecule has 1 fully saturated rings. The standard InChI is InChI=1S/C23H35N3O5Si/c1-15(2)25-23(29)31-19-7-6-16(11-19)18-10-17-12-20(22(27)28)26(21(17)24-13-18)14-30-8-9-32(3,4)5/h10,12-13,15-16,19H,6-9,11,14H2,1-5H3,(H,25,29)(H,27,28). The Hall–Kier alpha value is -2.39. The second-order valence-electron chi connectivity index (χ2n) is 10.1. The maximum absolute atomic E-state index is 11.9. The van der Waals surface area contributed by atoms with Crippen LogP contribution in [0.1, 0.15) is 55.1 Å². The van der Waals surface area contributed by atoms with Crippen molar-refractivity contribution in [1.29, 1.82) is 0 Å². The summed E-state index contributed by atoms with van der Waals surface area (Å²) in [7, 11) is -1.22. The maximum atomic E-state index is 11.9. The molecule has 2 heterocycles. The van der Waals surface area contributed by atoms with E-state index in [1.807, 2.05) is 26.1 Å². The van der Waals surface area contributed by atoms with Crippen LogP contribution in [-0.4, -0.2) is 53.5 Å². The van der Waals surface area contributed by atoms with Gasteiger partial charge in [0.25, 0.3) is 0 Å². The molecule has 0 bridgehead atoms. The molecule has 32 heavy (non-hydrogen) atoms. The van der Waals surface area contributed by atoms with E-state index in [4.69, 9.17) is 9.47 Å². The van der Waals surface area contributed by atoms with E-state index in [0.29, 0.717) is 12.3 Å². The highest BCUT2D eigenvalue weighted by Gasteiger charge is 2.29. The lowest BCUT2D eigenvalue weighted by molar-refractivity contribution is 0.0629. The molecule has 2 aromatic rings. The molecule has 0 aromatic carbocycles. The first kappa shape index (κ1) is 24.3. The molecular weight excluding hydrogens is 426 g/mol. The number of nitrogens with one attached hydrogen (secondary N) is 1. The summed E-state index contributed by atoms with van der Waals surface area (Å²) in [4.78, 5) is 28.3. The third kappa shape index (κ3) is 6.32. The summed E-state index contributed by atoms with van der Waals surface area (Å²) in [5, 5.41) is 13.2. The Bertz CT molecular complexity index is 966. The first-order valence-corrected chi connectivity index (χ1v) is 15.0. The summed E-state index contributed by atoms with van der Waals surface area (Å²) in [5.74, 6) is -0.766. The normalized spacial score (nSPS) is 18.9. The van der Waals surface area contributed by atoms with Gasteiger partial charge in [0.1, 0.15) is 24.2 Å². The summed E-state index contributed by atoms with van der Waals surface area (Å²) in [5.41, 5.74) is 1.83. The van der Waals surface area contributed by atoms with Gasteiger partial charge in [0.05, 0.1) is 0 Å². The number of fused-ring (bicyclic) bond motifs is 1. The van der Waals surface area contributed by atoms with Crippen molar-refractivity contribution in [2.75, 3.05) is 6.61 Å². The number of carboxylic acid groups (broad SMARTS) is 1. The molecular formula is C23H35N3O5Si. The average Bonchev–Trinajstić information content (AvgIpc) is 3.28. The van der Waals surface area contributed by atoms with Gasteiger partial charge in [0.15, 0.2) is 0 Å². The molecule has 176 valence electrons. The largest absolute Gasteiger partial charge is 0.477 e. The van der Waals surface area contributed by atoms with Gasteiger partial charge in [0, 0.05) is 32.3 Å². The van der Waals surface area contributed by atoms with Crippen LogP contribution in [-0.2, 0) is 16.2 Å². The summed E-state index contributed by atoms with van der Waals surface area (Å²) >= 11 is 0. The zero-order valence-corrected chi connectivity index (χ0v) is 20.7. The van der Waals surface area contributed by atoms with Gasteiger partial charge in [0.2, 0.25) is 0 Å². The van der Waals surface area contributed by atoms with Crippen LogP contribution in [0.3, 0.4) is 0 Å². The molecule has 0 aliphatic heterocycles. The molecule has 0 radical (unpaired) electrons. The summed E-state index contributed by atoms with van der Waals surface area (Å²) < 4.78 is 13.0. The Morgan fingerprint density at radius 2 is 2.03 bits per heavy atom. The molecule has 2 aromatic heterocycles. The quantitative estimate of drug-likeness (QED) is 0.410. The molecule has 0 saturated heterocycles. The van der Waals surface area contributed by atoms with Gasteiger partial charge in [-0.25, -0.2) is 14.6 Å². The molecule has 8 nitrogen and oxygen atoms in total. The van der Waals surface area contributed by atoms with Crippen LogP contribution >= 0.6 is 0 Å². The van der Waals surface area contributed by atoms with Crippen molar-refractivity contribution in [2.24, 2.45) is 0 Å². The summed E-state index contributed by atoms with van der Waals surface area (Å²) in [6, 6.07) is 4.73. The number of ether oxygens (including phenoxy) is 2. The Morgan fingerprint density at radius 1 is 1.28 bits per heavy atom. The fourth-order valence-corrected chi connectivity index (χ4v) is 4.76. The van der Waals surface area contributed by atoms with Crippen molar-refractivity contribution in [2.45, 2.75) is 83.6 Å². The van der Waals surface area contributed by atoms with E-state index in [1.165, 1.54) is 0 Å². The van der Waals surface area contributed by atoms with Crippen molar-refractivity contribution >= 4 is 31.2 Å². The first-order chi connectivity index (χ1) is 15.0. The number of hydrogen-bond acceptors (Lipinski definition) is 5. The molecule has 1 aliphatic rings. The Kier molecular flexibility index (Phi) is 7.61. The lowest BCUT2D eigenvalue weighted by Gasteiger charge is -2.16. The van der Waals surface area contributed by atoms with Crippen molar-refractivity contribution in [3.63, 3.8) is 0 Å². The first-order valence-electron chi connectivity index (χ1n) is 11.3. The number of carbonyl (C=O) groups excluding carboxylic acids is 1. The van der Waals surface area contributed by atoms with Gasteiger partial charge in [-0.1, -0.05) is 19.6 Å². The SMILES string of the molecule is CC(C)NC(=O)OC1CCC(c2cnc3c(c2)cc(C(=O)O)n3COCC[Si](C)(C)C)C1. The van der Waals surface area contributed by atoms with E-state index in [9.17, 15) is 14.7 Å². The number of alkyl carbamates (subject to hydrolysis) is 1. The van der Waals surface area contributed by atoms with Gasteiger partial charge in [-0.2, -0.15) is 0 Å².